The first-order chi connectivity index (χ1) is 7.28. The number of Topliss-reactive ketones (excluding diaryl/α,β-unsaturated/α-hetero) is 1. The van der Waals surface area contributed by atoms with E-state index in [9.17, 15) is 4.79 Å². The van der Waals surface area contributed by atoms with Gasteiger partial charge in [-0.15, -0.1) is 0 Å². The van der Waals surface area contributed by atoms with Crippen LogP contribution in [-0.4, -0.2) is 12.4 Å². The van der Waals surface area contributed by atoms with Gasteiger partial charge in [-0.1, -0.05) is 12.1 Å². The van der Waals surface area contributed by atoms with E-state index in [1.807, 2.05) is 24.3 Å². The molecule has 0 spiro atoms. The molecule has 1 saturated carbocycles. The molecule has 0 aliphatic heterocycles. The van der Waals surface area contributed by atoms with Gasteiger partial charge in [0.15, 0.2) is 0 Å². The molecule has 2 N–H and O–H groups in total. The standard InChI is InChI=1S/C12H15NO2/c13-7-9-1-3-12(4-2-9)15-8-10-5-11(14)6-10/h1-4,10H,5-8,13H2. The monoisotopic (exact) mass is 205 g/mol. The van der Waals surface area contributed by atoms with Crippen molar-refractivity contribution in [1.82, 2.24) is 0 Å². The van der Waals surface area contributed by atoms with Gasteiger partial charge >= 0.3 is 0 Å². The highest BCUT2D eigenvalue weighted by Gasteiger charge is 2.26. The lowest BCUT2D eigenvalue weighted by Crippen LogP contribution is -2.28. The van der Waals surface area contributed by atoms with E-state index >= 15 is 0 Å². The number of ether oxygens (including phenoxy) is 1. The van der Waals surface area contributed by atoms with Crippen LogP contribution in [0.3, 0.4) is 0 Å². The molecule has 1 fully saturated rings. The Labute approximate surface area is 89.2 Å². The van der Waals surface area contributed by atoms with Crippen LogP contribution >= 0.6 is 0 Å². The van der Waals surface area contributed by atoms with Crippen molar-refractivity contribution in [2.75, 3.05) is 6.61 Å². The van der Waals surface area contributed by atoms with Gasteiger partial charge in [0.1, 0.15) is 11.5 Å². The summed E-state index contributed by atoms with van der Waals surface area (Å²) in [5.41, 5.74) is 6.59. The van der Waals surface area contributed by atoms with Crippen LogP contribution in [0.25, 0.3) is 0 Å². The second kappa shape index (κ2) is 4.45. The Bertz CT molecular complexity index is 337. The second-order valence-electron chi connectivity index (χ2n) is 3.97. The minimum Gasteiger partial charge on any atom is -0.493 e. The van der Waals surface area contributed by atoms with Crippen LogP contribution < -0.4 is 10.5 Å². The fourth-order valence-corrected chi connectivity index (χ4v) is 1.64. The maximum absolute atomic E-state index is 10.7. The molecule has 0 bridgehead atoms. The fourth-order valence-electron chi connectivity index (χ4n) is 1.64. The van der Waals surface area contributed by atoms with Gasteiger partial charge in [-0.05, 0) is 17.7 Å². The number of ketones is 1. The van der Waals surface area contributed by atoms with E-state index in [0.29, 0.717) is 37.7 Å². The van der Waals surface area contributed by atoms with Gasteiger partial charge < -0.3 is 10.5 Å². The zero-order valence-electron chi connectivity index (χ0n) is 8.61. The van der Waals surface area contributed by atoms with Crippen LogP contribution in [0, 0.1) is 5.92 Å². The molecule has 0 amide bonds. The van der Waals surface area contributed by atoms with Crippen molar-refractivity contribution in [2.45, 2.75) is 19.4 Å². The molecular formula is C12H15NO2. The average Bonchev–Trinajstić information content (AvgIpc) is 2.23. The summed E-state index contributed by atoms with van der Waals surface area (Å²) in [7, 11) is 0. The van der Waals surface area contributed by atoms with E-state index in [4.69, 9.17) is 10.5 Å². The predicted octanol–water partition coefficient (Wildman–Crippen LogP) is 1.50. The van der Waals surface area contributed by atoms with Gasteiger partial charge in [-0.2, -0.15) is 0 Å². The normalized spacial score (nSPS) is 16.2. The number of nitrogens with two attached hydrogens (primary N) is 1. The molecule has 1 aromatic carbocycles. The largest absolute Gasteiger partial charge is 0.493 e. The van der Waals surface area contributed by atoms with Crippen LogP contribution in [0.15, 0.2) is 24.3 Å². The molecule has 1 aliphatic carbocycles. The molecule has 2 rings (SSSR count). The van der Waals surface area contributed by atoms with Crippen LogP contribution in [-0.2, 0) is 11.3 Å². The number of benzene rings is 1. The van der Waals surface area contributed by atoms with Crippen molar-refractivity contribution in [2.24, 2.45) is 11.7 Å². The lowest BCUT2D eigenvalue weighted by Gasteiger charge is -2.23. The minimum absolute atomic E-state index is 0.349. The molecule has 0 unspecified atom stereocenters. The van der Waals surface area contributed by atoms with Crippen molar-refractivity contribution in [3.63, 3.8) is 0 Å². The third-order valence-corrected chi connectivity index (χ3v) is 2.68. The molecule has 0 aromatic heterocycles. The molecule has 3 heteroatoms. The number of hydrogen-bond acceptors (Lipinski definition) is 3. The first-order valence-corrected chi connectivity index (χ1v) is 5.21. The zero-order chi connectivity index (χ0) is 10.7. The highest BCUT2D eigenvalue weighted by atomic mass is 16.5. The molecule has 3 nitrogen and oxygen atoms in total. The summed E-state index contributed by atoms with van der Waals surface area (Å²) in [6.45, 7) is 1.20. The molecule has 0 atom stereocenters. The van der Waals surface area contributed by atoms with Crippen LogP contribution in [0.2, 0.25) is 0 Å². The number of carbonyl (C=O) groups is 1. The molecule has 0 heterocycles. The molecule has 0 radical (unpaired) electrons. The summed E-state index contributed by atoms with van der Waals surface area (Å²) in [6, 6.07) is 7.76. The van der Waals surface area contributed by atoms with Gasteiger partial charge in [-0.3, -0.25) is 4.79 Å². The zero-order valence-corrected chi connectivity index (χ0v) is 8.61. The van der Waals surface area contributed by atoms with Crippen molar-refractivity contribution in [1.29, 1.82) is 0 Å². The van der Waals surface area contributed by atoms with Gasteiger partial charge in [0, 0.05) is 25.3 Å². The van der Waals surface area contributed by atoms with Gasteiger partial charge in [-0.25, -0.2) is 0 Å². The van der Waals surface area contributed by atoms with Crippen molar-refractivity contribution < 1.29 is 9.53 Å². The van der Waals surface area contributed by atoms with E-state index in [2.05, 4.69) is 0 Å². The van der Waals surface area contributed by atoms with Gasteiger partial charge in [0.2, 0.25) is 0 Å². The summed E-state index contributed by atoms with van der Waals surface area (Å²) >= 11 is 0. The molecule has 80 valence electrons. The maximum Gasteiger partial charge on any atom is 0.133 e. The quantitative estimate of drug-likeness (QED) is 0.810. The predicted molar refractivity (Wildman–Crippen MR) is 57.6 cm³/mol. The van der Waals surface area contributed by atoms with Gasteiger partial charge in [0.25, 0.3) is 0 Å². The Morgan fingerprint density at radius 3 is 2.47 bits per heavy atom. The smallest absolute Gasteiger partial charge is 0.133 e. The number of rotatable bonds is 4. The second-order valence-corrected chi connectivity index (χ2v) is 3.97. The van der Waals surface area contributed by atoms with Crippen LogP contribution in [0.4, 0.5) is 0 Å². The van der Waals surface area contributed by atoms with E-state index in [1.165, 1.54) is 0 Å². The van der Waals surface area contributed by atoms with Crippen molar-refractivity contribution in [3.05, 3.63) is 29.8 Å². The Balaban J connectivity index is 1.80. The summed E-state index contributed by atoms with van der Waals surface area (Å²) in [5, 5.41) is 0. The third-order valence-electron chi connectivity index (χ3n) is 2.68. The van der Waals surface area contributed by atoms with E-state index in [-0.39, 0.29) is 0 Å². The lowest BCUT2D eigenvalue weighted by atomic mass is 9.85. The van der Waals surface area contributed by atoms with Crippen LogP contribution in [0.5, 0.6) is 5.75 Å². The van der Waals surface area contributed by atoms with E-state index in [0.717, 1.165) is 11.3 Å². The Hall–Kier alpha value is -1.35. The summed E-state index contributed by atoms with van der Waals surface area (Å²) in [4.78, 5) is 10.7. The Morgan fingerprint density at radius 1 is 1.27 bits per heavy atom. The molecular weight excluding hydrogens is 190 g/mol. The first-order valence-electron chi connectivity index (χ1n) is 5.21. The summed E-state index contributed by atoms with van der Waals surface area (Å²) in [5.74, 6) is 1.63. The average molecular weight is 205 g/mol. The minimum atomic E-state index is 0.349. The molecule has 1 aromatic rings. The van der Waals surface area contributed by atoms with Crippen LogP contribution in [0.1, 0.15) is 18.4 Å². The highest BCUT2D eigenvalue weighted by Crippen LogP contribution is 2.24. The fraction of sp³-hybridized carbons (Fsp3) is 0.417. The first kappa shape index (κ1) is 10.2. The lowest BCUT2D eigenvalue weighted by molar-refractivity contribution is -0.127. The summed E-state index contributed by atoms with van der Waals surface area (Å²) in [6.07, 6.45) is 1.36. The third kappa shape index (κ3) is 2.57. The highest BCUT2D eigenvalue weighted by molar-refractivity contribution is 5.84. The number of hydrogen-bond donors (Lipinski definition) is 1. The van der Waals surface area contributed by atoms with Crippen molar-refractivity contribution >= 4 is 5.78 Å². The molecule has 1 aliphatic rings. The SMILES string of the molecule is NCc1ccc(OCC2CC(=O)C2)cc1. The summed E-state index contributed by atoms with van der Waals surface area (Å²) < 4.78 is 5.56. The molecule has 15 heavy (non-hydrogen) atoms. The van der Waals surface area contributed by atoms with Gasteiger partial charge in [0.05, 0.1) is 6.61 Å². The van der Waals surface area contributed by atoms with E-state index in [1.54, 1.807) is 0 Å². The topological polar surface area (TPSA) is 52.3 Å². The molecule has 0 saturated heterocycles. The van der Waals surface area contributed by atoms with Crippen molar-refractivity contribution in [3.8, 4) is 5.75 Å². The number of carbonyl (C=O) groups excluding carboxylic acids is 1. The van der Waals surface area contributed by atoms with E-state index < -0.39 is 0 Å². The maximum atomic E-state index is 10.7. The Kier molecular flexibility index (Phi) is 3.02. The Morgan fingerprint density at radius 2 is 1.93 bits per heavy atom.